The molecule has 0 bridgehead atoms. The fourth-order valence-electron chi connectivity index (χ4n) is 1.56. The largest absolute Gasteiger partial charge is 0.352 e. The fraction of sp³-hybridized carbons (Fsp3) is 0.692. The topological polar surface area (TPSA) is 58.5 Å². The molecule has 1 atom stereocenters. The molecule has 5 nitrogen and oxygen atoms in total. The summed E-state index contributed by atoms with van der Waals surface area (Å²) in [6.07, 6.45) is 5.32. The van der Waals surface area contributed by atoms with E-state index in [2.05, 4.69) is 41.3 Å². The van der Waals surface area contributed by atoms with Crippen LogP contribution in [0.4, 0.5) is 5.82 Å². The smallest absolute Gasteiger partial charge is 0.152 e. The summed E-state index contributed by atoms with van der Waals surface area (Å²) in [6.45, 7) is 5.93. The van der Waals surface area contributed by atoms with E-state index in [4.69, 9.17) is 9.42 Å². The van der Waals surface area contributed by atoms with Crippen molar-refractivity contribution in [2.75, 3.05) is 23.7 Å². The molecule has 0 aliphatic carbocycles. The molecule has 2 rings (SSSR count). The van der Waals surface area contributed by atoms with E-state index in [-0.39, 0.29) is 6.10 Å². The van der Waals surface area contributed by atoms with Crippen LogP contribution in [0.1, 0.15) is 32.5 Å². The number of nitrogens with zero attached hydrogens (tertiary/aromatic N) is 3. The van der Waals surface area contributed by atoms with Gasteiger partial charge in [0, 0.05) is 25.7 Å². The van der Waals surface area contributed by atoms with Crippen LogP contribution < -0.4 is 4.90 Å². The van der Waals surface area contributed by atoms with Gasteiger partial charge < -0.3 is 14.3 Å². The third kappa shape index (κ3) is 5.92. The molecule has 2 heterocycles. The lowest BCUT2D eigenvalue weighted by Crippen LogP contribution is -2.51. The van der Waals surface area contributed by atoms with E-state index in [1.54, 1.807) is 6.20 Å². The van der Waals surface area contributed by atoms with Gasteiger partial charge in [-0.05, 0) is 11.8 Å². The van der Waals surface area contributed by atoms with E-state index in [9.17, 15) is 0 Å². The molecule has 0 spiro atoms. The molecule has 0 radical (unpaired) electrons. The van der Waals surface area contributed by atoms with Crippen LogP contribution >= 0.6 is 21.7 Å². The molecule has 1 fully saturated rings. The summed E-state index contributed by atoms with van der Waals surface area (Å²) >= 11 is 4.16. The van der Waals surface area contributed by atoms with Gasteiger partial charge in [0.2, 0.25) is 0 Å². The molecular weight excluding hydrogens is 293 g/mol. The number of hydrogen-bond acceptors (Lipinski definition) is 6. The van der Waals surface area contributed by atoms with Crippen LogP contribution in [0.2, 0.25) is 0 Å². The van der Waals surface area contributed by atoms with Crippen LogP contribution in [0.5, 0.6) is 0 Å². The molecule has 1 aromatic heterocycles. The van der Waals surface area contributed by atoms with Crippen molar-refractivity contribution in [3.8, 4) is 0 Å². The molecular formula is C13H24N3O2PS. The van der Waals surface area contributed by atoms with Gasteiger partial charge in [0.05, 0.1) is 6.10 Å². The minimum atomic E-state index is -0.428. The summed E-state index contributed by atoms with van der Waals surface area (Å²) in [5.74, 6) is 2.50. The lowest BCUT2D eigenvalue weighted by molar-refractivity contribution is 0.177. The van der Waals surface area contributed by atoms with Crippen LogP contribution in [0.25, 0.3) is 0 Å². The highest BCUT2D eigenvalue weighted by Crippen LogP contribution is 2.23. The Morgan fingerprint density at radius 1 is 1.45 bits per heavy atom. The predicted molar refractivity (Wildman–Crippen MR) is 87.8 cm³/mol. The summed E-state index contributed by atoms with van der Waals surface area (Å²) < 4.78 is 5.09. The summed E-state index contributed by atoms with van der Waals surface area (Å²) in [5.41, 5.74) is 0. The molecule has 1 N–H and O–H groups in total. The van der Waals surface area contributed by atoms with Crippen LogP contribution in [0.3, 0.4) is 0 Å². The van der Waals surface area contributed by atoms with E-state index in [0.29, 0.717) is 0 Å². The van der Waals surface area contributed by atoms with Crippen molar-refractivity contribution in [2.45, 2.75) is 39.2 Å². The number of hydrogen-bond donors (Lipinski definition) is 2. The minimum Gasteiger partial charge on any atom is -0.352 e. The molecule has 0 saturated carbocycles. The summed E-state index contributed by atoms with van der Waals surface area (Å²) in [5, 5.41) is 0. The number of anilines is 1. The lowest BCUT2D eigenvalue weighted by atomic mass is 10.2. The Labute approximate surface area is 128 Å². The average molecular weight is 317 g/mol. The van der Waals surface area contributed by atoms with E-state index in [1.165, 1.54) is 12.8 Å². The first kappa shape index (κ1) is 17.6. The maximum atomic E-state index is 8.63. The van der Waals surface area contributed by atoms with Crippen molar-refractivity contribution in [3.05, 3.63) is 18.1 Å². The number of aryl methyl sites for hydroxylation is 1. The van der Waals surface area contributed by atoms with Crippen molar-refractivity contribution < 1.29 is 9.42 Å². The van der Waals surface area contributed by atoms with Gasteiger partial charge in [-0.2, -0.15) is 12.6 Å². The highest BCUT2D eigenvalue weighted by Gasteiger charge is 2.28. The van der Waals surface area contributed by atoms with E-state index >= 15 is 0 Å². The van der Waals surface area contributed by atoms with Gasteiger partial charge in [-0.3, -0.25) is 0 Å². The SMILES string of the molecule is CCCC.OPOC1CN(c2ccnc(CCS)n2)C1. The molecule has 1 saturated heterocycles. The van der Waals surface area contributed by atoms with Crippen molar-refractivity contribution >= 4 is 27.5 Å². The van der Waals surface area contributed by atoms with Gasteiger partial charge in [-0.1, -0.05) is 26.7 Å². The van der Waals surface area contributed by atoms with Gasteiger partial charge in [-0.25, -0.2) is 9.97 Å². The average Bonchev–Trinajstić information content (AvgIpc) is 2.43. The zero-order valence-electron chi connectivity index (χ0n) is 12.1. The maximum Gasteiger partial charge on any atom is 0.152 e. The normalized spacial score (nSPS) is 15.1. The van der Waals surface area contributed by atoms with Crippen LogP contribution in [-0.2, 0) is 10.9 Å². The molecule has 20 heavy (non-hydrogen) atoms. The quantitative estimate of drug-likeness (QED) is 0.623. The molecule has 1 aliphatic rings. The van der Waals surface area contributed by atoms with Gasteiger partial charge in [0.25, 0.3) is 0 Å². The van der Waals surface area contributed by atoms with E-state index < -0.39 is 9.03 Å². The third-order valence-electron chi connectivity index (χ3n) is 2.92. The monoisotopic (exact) mass is 317 g/mol. The number of aromatic nitrogens is 2. The molecule has 0 amide bonds. The summed E-state index contributed by atoms with van der Waals surface area (Å²) in [6, 6.07) is 1.89. The second kappa shape index (κ2) is 10.3. The van der Waals surface area contributed by atoms with Crippen molar-refractivity contribution in [1.29, 1.82) is 0 Å². The Morgan fingerprint density at radius 2 is 2.15 bits per heavy atom. The first-order valence-electron chi connectivity index (χ1n) is 6.97. The Kier molecular flexibility index (Phi) is 9.10. The third-order valence-corrected chi connectivity index (χ3v) is 3.58. The Morgan fingerprint density at radius 3 is 2.70 bits per heavy atom. The summed E-state index contributed by atoms with van der Waals surface area (Å²) in [4.78, 5) is 19.3. The van der Waals surface area contributed by atoms with Crippen molar-refractivity contribution in [2.24, 2.45) is 0 Å². The molecule has 1 unspecified atom stereocenters. The number of thiol groups is 1. The highest BCUT2D eigenvalue weighted by atomic mass is 32.1. The Hall–Kier alpha value is -0.420. The second-order valence-corrected chi connectivity index (χ2v) is 5.41. The second-order valence-electron chi connectivity index (χ2n) is 4.54. The predicted octanol–water partition coefficient (Wildman–Crippen LogP) is 2.46. The minimum absolute atomic E-state index is 0.131. The first-order valence-corrected chi connectivity index (χ1v) is 8.46. The molecule has 1 aliphatic heterocycles. The Bertz CT molecular complexity index is 376. The van der Waals surface area contributed by atoms with Gasteiger partial charge >= 0.3 is 0 Å². The van der Waals surface area contributed by atoms with Crippen LogP contribution in [0.15, 0.2) is 12.3 Å². The molecule has 114 valence electrons. The molecule has 7 heteroatoms. The zero-order chi connectivity index (χ0) is 14.8. The molecule has 1 aromatic rings. The van der Waals surface area contributed by atoms with E-state index in [0.717, 1.165) is 36.9 Å². The standard InChI is InChI=1S/C9H14N3O2PS.C4H10/c13-15-14-7-5-12(6-7)9-1-3-10-8(11-9)2-4-16;1-3-4-2/h1,3,7,13,15-16H,2,4-6H2;3-4H2,1-2H3. The Balaban J connectivity index is 0.000000444. The van der Waals surface area contributed by atoms with Gasteiger partial charge in [0.15, 0.2) is 9.03 Å². The fourth-order valence-corrected chi connectivity index (χ4v) is 2.06. The van der Waals surface area contributed by atoms with Gasteiger partial charge in [-0.15, -0.1) is 0 Å². The van der Waals surface area contributed by atoms with Crippen molar-refractivity contribution in [3.63, 3.8) is 0 Å². The first-order chi connectivity index (χ1) is 9.74. The number of unbranched alkanes of at least 4 members (excludes halogenated alkanes) is 1. The lowest BCUT2D eigenvalue weighted by Gasteiger charge is -2.39. The maximum absolute atomic E-state index is 8.63. The van der Waals surface area contributed by atoms with Crippen LogP contribution in [0, 0.1) is 0 Å². The summed E-state index contributed by atoms with van der Waals surface area (Å²) in [7, 11) is -0.428. The highest BCUT2D eigenvalue weighted by molar-refractivity contribution is 7.80. The molecule has 0 aromatic carbocycles. The number of rotatable bonds is 6. The van der Waals surface area contributed by atoms with Crippen LogP contribution in [-0.4, -0.2) is 39.8 Å². The van der Waals surface area contributed by atoms with Crippen molar-refractivity contribution in [1.82, 2.24) is 9.97 Å². The zero-order valence-corrected chi connectivity index (χ0v) is 14.0. The van der Waals surface area contributed by atoms with E-state index in [1.807, 2.05) is 6.07 Å². The van der Waals surface area contributed by atoms with Gasteiger partial charge in [0.1, 0.15) is 11.6 Å².